The summed E-state index contributed by atoms with van der Waals surface area (Å²) >= 11 is 1.46. The summed E-state index contributed by atoms with van der Waals surface area (Å²) in [6.45, 7) is 1.93. The van der Waals surface area contributed by atoms with Gasteiger partial charge in [0.15, 0.2) is 5.13 Å². The first kappa shape index (κ1) is 15.0. The molecule has 2 aliphatic carbocycles. The van der Waals surface area contributed by atoms with Crippen molar-refractivity contribution in [2.75, 3.05) is 5.73 Å². The maximum atomic E-state index is 12.7. The minimum atomic E-state index is -0.186. The van der Waals surface area contributed by atoms with Gasteiger partial charge >= 0.3 is 0 Å². The van der Waals surface area contributed by atoms with Crippen LogP contribution in [0, 0.1) is 0 Å². The minimum absolute atomic E-state index is 0.104. The summed E-state index contributed by atoms with van der Waals surface area (Å²) in [5, 5.41) is 0.559. The molecule has 0 bridgehead atoms. The van der Waals surface area contributed by atoms with E-state index < -0.39 is 0 Å². The lowest BCUT2D eigenvalue weighted by Crippen LogP contribution is -2.43. The molecule has 0 radical (unpaired) electrons. The van der Waals surface area contributed by atoms with Crippen molar-refractivity contribution in [1.82, 2.24) is 9.88 Å². The van der Waals surface area contributed by atoms with E-state index in [2.05, 4.69) is 11.1 Å². The second-order valence-corrected chi connectivity index (χ2v) is 6.83. The van der Waals surface area contributed by atoms with Crippen LogP contribution < -0.4 is 5.73 Å². The number of allylic oxidation sites excluding steroid dienone is 2. The predicted molar refractivity (Wildman–Crippen MR) is 86.3 cm³/mol. The van der Waals surface area contributed by atoms with Crippen LogP contribution in [0.5, 0.6) is 0 Å². The molecule has 0 fully saturated rings. The lowest BCUT2D eigenvalue weighted by molar-refractivity contribution is -0.137. The average molecular weight is 317 g/mol. The second-order valence-electron chi connectivity index (χ2n) is 5.72. The molecule has 1 aromatic rings. The number of carbonyl (C=O) groups excluding carboxylic acids is 2. The molecule has 22 heavy (non-hydrogen) atoms. The van der Waals surface area contributed by atoms with E-state index in [-0.39, 0.29) is 11.9 Å². The van der Waals surface area contributed by atoms with Gasteiger partial charge in [0.1, 0.15) is 0 Å². The van der Waals surface area contributed by atoms with Crippen molar-refractivity contribution in [2.24, 2.45) is 0 Å². The molecule has 0 saturated heterocycles. The number of imide groups is 1. The second kappa shape index (κ2) is 6.04. The number of fused-ring (bicyclic) bond motifs is 1. The molecular weight excluding hydrogens is 298 g/mol. The van der Waals surface area contributed by atoms with Crippen LogP contribution in [0.3, 0.4) is 0 Å². The van der Waals surface area contributed by atoms with Crippen LogP contribution in [0.15, 0.2) is 23.3 Å². The van der Waals surface area contributed by atoms with E-state index >= 15 is 0 Å². The minimum Gasteiger partial charge on any atom is -0.375 e. The van der Waals surface area contributed by atoms with E-state index in [0.717, 1.165) is 41.8 Å². The molecule has 2 amide bonds. The highest BCUT2D eigenvalue weighted by atomic mass is 32.1. The molecule has 116 valence electrons. The standard InChI is InChI=1S/C16H19N3O2S/c1-10-4-2-3-5-12(10)15(21)19(9-20)11-6-7-13-14(8-11)22-16(17)18-13/h4-5,9,11H,2-3,6-8H2,1H3,(H2,17,18). The van der Waals surface area contributed by atoms with E-state index in [9.17, 15) is 9.59 Å². The zero-order valence-corrected chi connectivity index (χ0v) is 13.4. The fourth-order valence-corrected chi connectivity index (χ4v) is 4.06. The van der Waals surface area contributed by atoms with Crippen molar-refractivity contribution in [3.8, 4) is 0 Å². The van der Waals surface area contributed by atoms with E-state index in [1.54, 1.807) is 0 Å². The van der Waals surface area contributed by atoms with Crippen molar-refractivity contribution in [3.05, 3.63) is 33.9 Å². The largest absolute Gasteiger partial charge is 0.375 e. The summed E-state index contributed by atoms with van der Waals surface area (Å²) in [4.78, 5) is 31.0. The van der Waals surface area contributed by atoms with Crippen LogP contribution in [0.25, 0.3) is 0 Å². The Bertz CT molecular complexity index is 675. The Labute approximate surface area is 133 Å². The highest BCUT2D eigenvalue weighted by Gasteiger charge is 2.31. The Morgan fingerprint density at radius 2 is 2.23 bits per heavy atom. The molecule has 0 aromatic carbocycles. The third kappa shape index (κ3) is 2.70. The van der Waals surface area contributed by atoms with Gasteiger partial charge in [0.25, 0.3) is 5.91 Å². The smallest absolute Gasteiger partial charge is 0.260 e. The lowest BCUT2D eigenvalue weighted by Gasteiger charge is -2.30. The molecule has 1 atom stereocenters. The van der Waals surface area contributed by atoms with E-state index in [0.29, 0.717) is 23.5 Å². The number of aryl methyl sites for hydroxylation is 1. The van der Waals surface area contributed by atoms with E-state index in [1.807, 2.05) is 13.0 Å². The molecule has 1 heterocycles. The topological polar surface area (TPSA) is 76.3 Å². The Kier molecular flexibility index (Phi) is 4.11. The SMILES string of the molecule is CC1=CCCC=C1C(=O)N(C=O)C1CCc2nc(N)sc2C1. The summed E-state index contributed by atoms with van der Waals surface area (Å²) in [5.41, 5.74) is 8.39. The van der Waals surface area contributed by atoms with Crippen molar-refractivity contribution >= 4 is 28.8 Å². The van der Waals surface area contributed by atoms with Crippen LogP contribution in [-0.2, 0) is 22.4 Å². The maximum absolute atomic E-state index is 12.7. The summed E-state index contributed by atoms with van der Waals surface area (Å²) in [6, 6.07) is -0.104. The average Bonchev–Trinajstić information content (AvgIpc) is 2.87. The van der Waals surface area contributed by atoms with Crippen LogP contribution in [0.4, 0.5) is 5.13 Å². The molecule has 1 aromatic heterocycles. The molecular formula is C16H19N3O2S. The highest BCUT2D eigenvalue weighted by Crippen LogP contribution is 2.31. The van der Waals surface area contributed by atoms with Crippen LogP contribution in [0.1, 0.15) is 36.8 Å². The van der Waals surface area contributed by atoms with Crippen molar-refractivity contribution in [2.45, 2.75) is 45.1 Å². The van der Waals surface area contributed by atoms with Gasteiger partial charge in [0, 0.05) is 22.9 Å². The Morgan fingerprint density at radius 3 is 2.95 bits per heavy atom. The number of thiazole rings is 1. The summed E-state index contributed by atoms with van der Waals surface area (Å²) in [7, 11) is 0. The number of nitrogen functional groups attached to an aromatic ring is 1. The van der Waals surface area contributed by atoms with E-state index in [4.69, 9.17) is 5.73 Å². The fourth-order valence-electron chi connectivity index (χ4n) is 3.11. The van der Waals surface area contributed by atoms with Gasteiger partial charge in [-0.25, -0.2) is 4.98 Å². The first-order valence-electron chi connectivity index (χ1n) is 7.49. The summed E-state index contributed by atoms with van der Waals surface area (Å²) < 4.78 is 0. The predicted octanol–water partition coefficient (Wildman–Crippen LogP) is 2.23. The normalized spacial score (nSPS) is 20.7. The number of anilines is 1. The first-order chi connectivity index (χ1) is 10.6. The highest BCUT2D eigenvalue weighted by molar-refractivity contribution is 7.15. The first-order valence-corrected chi connectivity index (χ1v) is 8.31. The molecule has 3 rings (SSSR count). The van der Waals surface area contributed by atoms with Gasteiger partial charge in [-0.05, 0) is 38.2 Å². The molecule has 0 aliphatic heterocycles. The quantitative estimate of drug-likeness (QED) is 0.867. The fraction of sp³-hybridized carbons (Fsp3) is 0.438. The third-order valence-electron chi connectivity index (χ3n) is 4.29. The van der Waals surface area contributed by atoms with Crippen LogP contribution >= 0.6 is 11.3 Å². The molecule has 2 N–H and O–H groups in total. The number of aromatic nitrogens is 1. The Balaban J connectivity index is 1.80. The van der Waals surface area contributed by atoms with E-state index in [1.165, 1.54) is 16.2 Å². The zero-order valence-electron chi connectivity index (χ0n) is 12.5. The number of hydrogen-bond acceptors (Lipinski definition) is 5. The summed E-state index contributed by atoms with van der Waals surface area (Å²) in [6.07, 6.45) is 8.64. The molecule has 2 aliphatic rings. The van der Waals surface area contributed by atoms with Gasteiger partial charge < -0.3 is 5.73 Å². The molecule has 1 unspecified atom stereocenters. The molecule has 0 spiro atoms. The van der Waals surface area contributed by atoms with Gasteiger partial charge in [-0.3, -0.25) is 14.5 Å². The Morgan fingerprint density at radius 1 is 1.45 bits per heavy atom. The van der Waals surface area contributed by atoms with Gasteiger partial charge in [0.2, 0.25) is 6.41 Å². The zero-order chi connectivity index (χ0) is 15.7. The monoisotopic (exact) mass is 317 g/mol. The van der Waals surface area contributed by atoms with Crippen molar-refractivity contribution in [3.63, 3.8) is 0 Å². The maximum Gasteiger partial charge on any atom is 0.260 e. The van der Waals surface area contributed by atoms with Gasteiger partial charge in [0.05, 0.1) is 5.69 Å². The Hall–Kier alpha value is -1.95. The lowest BCUT2D eigenvalue weighted by atomic mass is 9.94. The van der Waals surface area contributed by atoms with Crippen molar-refractivity contribution < 1.29 is 9.59 Å². The number of amides is 2. The number of hydrogen-bond donors (Lipinski definition) is 1. The number of nitrogens with zero attached hydrogens (tertiary/aromatic N) is 2. The van der Waals surface area contributed by atoms with Gasteiger partial charge in [-0.2, -0.15) is 0 Å². The van der Waals surface area contributed by atoms with Gasteiger partial charge in [-0.15, -0.1) is 11.3 Å². The van der Waals surface area contributed by atoms with Crippen LogP contribution in [-0.4, -0.2) is 28.2 Å². The number of nitrogens with two attached hydrogens (primary N) is 1. The van der Waals surface area contributed by atoms with Gasteiger partial charge in [-0.1, -0.05) is 12.2 Å². The number of rotatable bonds is 3. The third-order valence-corrected chi connectivity index (χ3v) is 5.24. The van der Waals surface area contributed by atoms with Crippen LogP contribution in [0.2, 0.25) is 0 Å². The molecule has 0 saturated carbocycles. The summed E-state index contributed by atoms with van der Waals surface area (Å²) in [5.74, 6) is -0.186. The number of carbonyl (C=O) groups is 2. The molecule has 5 nitrogen and oxygen atoms in total. The molecule has 6 heteroatoms. The van der Waals surface area contributed by atoms with Crippen molar-refractivity contribution in [1.29, 1.82) is 0 Å².